The van der Waals surface area contributed by atoms with Crippen molar-refractivity contribution in [2.24, 2.45) is 0 Å². The van der Waals surface area contributed by atoms with E-state index in [0.29, 0.717) is 11.3 Å². The van der Waals surface area contributed by atoms with Crippen LogP contribution < -0.4 is 5.32 Å². The summed E-state index contributed by atoms with van der Waals surface area (Å²) in [6.45, 7) is 1.92. The minimum absolute atomic E-state index is 0.124. The molecule has 0 aliphatic carbocycles. The molecular formula is C26H18BrCl2NO3. The van der Waals surface area contributed by atoms with Crippen LogP contribution in [0.2, 0.25) is 10.0 Å². The van der Waals surface area contributed by atoms with Crippen LogP contribution in [0.15, 0.2) is 71.2 Å². The van der Waals surface area contributed by atoms with Crippen LogP contribution in [0.25, 0.3) is 21.9 Å². The van der Waals surface area contributed by atoms with Gasteiger partial charge < -0.3 is 10.1 Å². The fourth-order valence-corrected chi connectivity index (χ4v) is 4.59. The van der Waals surface area contributed by atoms with E-state index >= 15 is 0 Å². The number of hydrogen-bond donors (Lipinski definition) is 1. The number of benzene rings is 4. The van der Waals surface area contributed by atoms with E-state index in [-0.39, 0.29) is 21.5 Å². The molecule has 0 fully saturated rings. The molecule has 0 saturated heterocycles. The molecule has 7 heteroatoms. The van der Waals surface area contributed by atoms with E-state index in [0.717, 1.165) is 31.9 Å². The third-order valence-electron chi connectivity index (χ3n) is 5.39. The number of ether oxygens (including phenoxy) is 1. The van der Waals surface area contributed by atoms with Gasteiger partial charge in [0.15, 0.2) is 0 Å². The number of methoxy groups -OCH3 is 1. The van der Waals surface area contributed by atoms with Gasteiger partial charge in [0.2, 0.25) is 0 Å². The Bertz CT molecular complexity index is 1400. The molecule has 4 nitrogen and oxygen atoms in total. The van der Waals surface area contributed by atoms with Crippen LogP contribution in [0.3, 0.4) is 0 Å². The number of nitrogens with one attached hydrogen (secondary N) is 1. The summed E-state index contributed by atoms with van der Waals surface area (Å²) in [6.07, 6.45) is 0. The minimum Gasteiger partial charge on any atom is -0.465 e. The van der Waals surface area contributed by atoms with E-state index in [2.05, 4.69) is 27.3 Å². The zero-order chi connectivity index (χ0) is 23.7. The summed E-state index contributed by atoms with van der Waals surface area (Å²) < 4.78 is 5.58. The largest absolute Gasteiger partial charge is 0.465 e. The summed E-state index contributed by atoms with van der Waals surface area (Å²) in [5.41, 5.74) is 3.75. The van der Waals surface area contributed by atoms with E-state index in [1.54, 1.807) is 0 Å². The lowest BCUT2D eigenvalue weighted by atomic mass is 9.91. The van der Waals surface area contributed by atoms with Crippen molar-refractivity contribution in [2.75, 3.05) is 12.4 Å². The standard InChI is InChI=1S/C26H18BrCl2NO3/c1-14-18(15-6-4-3-5-7-15)10-16-8-9-17(27)11-19(16)24(14)25(31)30-23-13-21(28)20(12-22(23)29)26(32)33-2/h3-13H,1-2H3,(H,30,31). The molecule has 0 aliphatic rings. The van der Waals surface area contributed by atoms with Gasteiger partial charge in [-0.05, 0) is 64.7 Å². The molecule has 0 unspecified atom stereocenters. The maximum Gasteiger partial charge on any atom is 0.339 e. The molecule has 1 amide bonds. The topological polar surface area (TPSA) is 55.4 Å². The molecule has 0 spiro atoms. The monoisotopic (exact) mass is 541 g/mol. The maximum absolute atomic E-state index is 13.6. The van der Waals surface area contributed by atoms with Crippen molar-refractivity contribution >= 4 is 67.5 Å². The Balaban J connectivity index is 1.85. The average molecular weight is 543 g/mol. The van der Waals surface area contributed by atoms with E-state index in [1.165, 1.54) is 19.2 Å². The van der Waals surface area contributed by atoms with Gasteiger partial charge in [-0.1, -0.05) is 75.5 Å². The lowest BCUT2D eigenvalue weighted by molar-refractivity contribution is 0.0601. The molecule has 4 rings (SSSR count). The van der Waals surface area contributed by atoms with E-state index in [1.807, 2.05) is 55.5 Å². The molecule has 1 N–H and O–H groups in total. The van der Waals surface area contributed by atoms with Crippen LogP contribution in [0.1, 0.15) is 26.3 Å². The SMILES string of the molecule is COC(=O)c1cc(Cl)c(NC(=O)c2c(C)c(-c3ccccc3)cc3ccc(Br)cc23)cc1Cl. The second kappa shape index (κ2) is 9.56. The third-order valence-corrected chi connectivity index (χ3v) is 6.50. The van der Waals surface area contributed by atoms with Crippen LogP contribution in [0.4, 0.5) is 5.69 Å². The molecule has 0 radical (unpaired) electrons. The zero-order valence-corrected chi connectivity index (χ0v) is 20.8. The number of anilines is 1. The number of carbonyl (C=O) groups excluding carboxylic acids is 2. The van der Waals surface area contributed by atoms with Crippen molar-refractivity contribution in [3.05, 3.63) is 97.9 Å². The van der Waals surface area contributed by atoms with Crippen molar-refractivity contribution in [1.82, 2.24) is 0 Å². The van der Waals surface area contributed by atoms with E-state index in [4.69, 9.17) is 27.9 Å². The van der Waals surface area contributed by atoms with Gasteiger partial charge in [0.05, 0.1) is 34.0 Å². The molecule has 166 valence electrons. The molecule has 33 heavy (non-hydrogen) atoms. The van der Waals surface area contributed by atoms with Gasteiger partial charge in [-0.25, -0.2) is 4.79 Å². The average Bonchev–Trinajstić information content (AvgIpc) is 2.80. The fourth-order valence-electron chi connectivity index (χ4n) is 3.78. The summed E-state index contributed by atoms with van der Waals surface area (Å²) in [6, 6.07) is 20.6. The summed E-state index contributed by atoms with van der Waals surface area (Å²) in [5, 5.41) is 4.89. The molecule has 0 atom stereocenters. The maximum atomic E-state index is 13.6. The number of carbonyl (C=O) groups is 2. The van der Waals surface area contributed by atoms with Gasteiger partial charge in [-0.3, -0.25) is 4.79 Å². The predicted octanol–water partition coefficient (Wildman–Crippen LogP) is 7.92. The fraction of sp³-hybridized carbons (Fsp3) is 0.0769. The minimum atomic E-state index is -0.609. The summed E-state index contributed by atoms with van der Waals surface area (Å²) >= 11 is 16.1. The summed E-state index contributed by atoms with van der Waals surface area (Å²) in [5.74, 6) is -0.945. The normalized spacial score (nSPS) is 10.8. The van der Waals surface area contributed by atoms with Gasteiger partial charge >= 0.3 is 5.97 Å². The van der Waals surface area contributed by atoms with Crippen LogP contribution in [0.5, 0.6) is 0 Å². The second-order valence-corrected chi connectivity index (χ2v) is 9.14. The molecule has 4 aromatic carbocycles. The molecule has 0 bridgehead atoms. The number of fused-ring (bicyclic) bond motifs is 1. The molecular weight excluding hydrogens is 525 g/mol. The second-order valence-electron chi connectivity index (χ2n) is 7.41. The Morgan fingerprint density at radius 2 is 1.67 bits per heavy atom. The smallest absolute Gasteiger partial charge is 0.339 e. The highest BCUT2D eigenvalue weighted by Crippen LogP contribution is 2.35. The van der Waals surface area contributed by atoms with E-state index in [9.17, 15) is 9.59 Å². The van der Waals surface area contributed by atoms with Gasteiger partial charge in [-0.2, -0.15) is 0 Å². The Labute approximate surface area is 209 Å². The Kier molecular flexibility index (Phi) is 6.75. The van der Waals surface area contributed by atoms with Crippen LogP contribution in [-0.2, 0) is 4.74 Å². The molecule has 0 saturated carbocycles. The Hall–Kier alpha value is -2.86. The third kappa shape index (κ3) is 4.62. The summed E-state index contributed by atoms with van der Waals surface area (Å²) in [4.78, 5) is 25.4. The molecule has 0 aliphatic heterocycles. The van der Waals surface area contributed by atoms with Crippen LogP contribution >= 0.6 is 39.1 Å². The lowest BCUT2D eigenvalue weighted by Crippen LogP contribution is -2.15. The first-order chi connectivity index (χ1) is 15.8. The first-order valence-electron chi connectivity index (χ1n) is 9.97. The number of hydrogen-bond acceptors (Lipinski definition) is 3. The number of esters is 1. The first kappa shape index (κ1) is 23.3. The lowest BCUT2D eigenvalue weighted by Gasteiger charge is -2.17. The van der Waals surface area contributed by atoms with Crippen molar-refractivity contribution < 1.29 is 14.3 Å². The molecule has 4 aromatic rings. The zero-order valence-electron chi connectivity index (χ0n) is 17.7. The van der Waals surface area contributed by atoms with Crippen molar-refractivity contribution in [1.29, 1.82) is 0 Å². The van der Waals surface area contributed by atoms with Crippen molar-refractivity contribution in [3.63, 3.8) is 0 Å². The number of rotatable bonds is 4. The highest BCUT2D eigenvalue weighted by Gasteiger charge is 2.21. The quantitative estimate of drug-likeness (QED) is 0.266. The van der Waals surface area contributed by atoms with Gasteiger partial charge in [-0.15, -0.1) is 0 Å². The van der Waals surface area contributed by atoms with Crippen LogP contribution in [0, 0.1) is 6.92 Å². The molecule has 0 aromatic heterocycles. The predicted molar refractivity (Wildman–Crippen MR) is 138 cm³/mol. The van der Waals surface area contributed by atoms with Crippen molar-refractivity contribution in [2.45, 2.75) is 6.92 Å². The Morgan fingerprint density at radius 3 is 2.36 bits per heavy atom. The van der Waals surface area contributed by atoms with Gasteiger partial charge in [0, 0.05) is 4.47 Å². The molecule has 0 heterocycles. The summed E-state index contributed by atoms with van der Waals surface area (Å²) in [7, 11) is 1.26. The number of halogens is 3. The first-order valence-corrected chi connectivity index (χ1v) is 11.5. The highest BCUT2D eigenvalue weighted by molar-refractivity contribution is 9.10. The van der Waals surface area contributed by atoms with E-state index < -0.39 is 5.97 Å². The number of amides is 1. The Morgan fingerprint density at radius 1 is 0.939 bits per heavy atom. The van der Waals surface area contributed by atoms with Crippen LogP contribution in [-0.4, -0.2) is 19.0 Å². The van der Waals surface area contributed by atoms with Crippen molar-refractivity contribution in [3.8, 4) is 11.1 Å². The highest BCUT2D eigenvalue weighted by atomic mass is 79.9. The van der Waals surface area contributed by atoms with Gasteiger partial charge in [0.1, 0.15) is 0 Å². The van der Waals surface area contributed by atoms with Gasteiger partial charge in [0.25, 0.3) is 5.91 Å².